The number of hydrogen-bond donors (Lipinski definition) is 1. The van der Waals surface area contributed by atoms with Crippen molar-refractivity contribution >= 4 is 0 Å². The van der Waals surface area contributed by atoms with Gasteiger partial charge in [-0.15, -0.1) is 0 Å². The van der Waals surface area contributed by atoms with E-state index in [4.69, 9.17) is 4.42 Å². The van der Waals surface area contributed by atoms with Crippen molar-refractivity contribution in [2.24, 2.45) is 0 Å². The molecule has 0 fully saturated rings. The highest BCUT2D eigenvalue weighted by Gasteiger charge is 2.09. The van der Waals surface area contributed by atoms with Crippen LogP contribution >= 0.6 is 0 Å². The van der Waals surface area contributed by atoms with E-state index in [1.54, 1.807) is 24.4 Å². The highest BCUT2D eigenvalue weighted by atomic mass is 19.1. The van der Waals surface area contributed by atoms with Crippen LogP contribution in [0, 0.1) is 5.82 Å². The molecule has 15 heavy (non-hydrogen) atoms. The molecule has 1 aromatic carbocycles. The molecule has 0 atom stereocenters. The number of nitrogens with zero attached hydrogens (tertiary/aromatic N) is 1. The second-order valence-corrected chi connectivity index (χ2v) is 3.14. The van der Waals surface area contributed by atoms with Crippen LogP contribution in [-0.2, 0) is 6.54 Å². The first-order valence-electron chi connectivity index (χ1n) is 4.65. The summed E-state index contributed by atoms with van der Waals surface area (Å²) in [5, 5.41) is 2.94. The van der Waals surface area contributed by atoms with Crippen LogP contribution < -0.4 is 5.32 Å². The Morgan fingerprint density at radius 2 is 2.20 bits per heavy atom. The van der Waals surface area contributed by atoms with Gasteiger partial charge >= 0.3 is 0 Å². The van der Waals surface area contributed by atoms with Crippen LogP contribution in [0.15, 0.2) is 34.9 Å². The minimum absolute atomic E-state index is 0.318. The molecule has 2 aromatic rings. The zero-order valence-electron chi connectivity index (χ0n) is 8.33. The normalized spacial score (nSPS) is 10.5. The maximum atomic E-state index is 13.4. The van der Waals surface area contributed by atoms with Gasteiger partial charge in [0.1, 0.15) is 11.6 Å². The Morgan fingerprint density at radius 1 is 1.40 bits per heavy atom. The lowest BCUT2D eigenvalue weighted by Crippen LogP contribution is -2.03. The zero-order valence-corrected chi connectivity index (χ0v) is 8.33. The van der Waals surface area contributed by atoms with Crippen LogP contribution in [0.25, 0.3) is 11.5 Å². The lowest BCUT2D eigenvalue weighted by molar-refractivity contribution is 0.499. The second kappa shape index (κ2) is 4.23. The predicted octanol–water partition coefficient (Wildman–Crippen LogP) is 2.20. The van der Waals surface area contributed by atoms with Crippen molar-refractivity contribution in [2.45, 2.75) is 6.54 Å². The van der Waals surface area contributed by atoms with Gasteiger partial charge in [0.15, 0.2) is 0 Å². The van der Waals surface area contributed by atoms with E-state index in [1.807, 2.05) is 7.05 Å². The summed E-state index contributed by atoms with van der Waals surface area (Å²) in [6.07, 6.45) is 1.60. The molecule has 4 heteroatoms. The number of aromatic nitrogens is 1. The summed E-state index contributed by atoms with van der Waals surface area (Å²) >= 11 is 0. The minimum Gasteiger partial charge on any atom is -0.440 e. The maximum absolute atomic E-state index is 13.4. The van der Waals surface area contributed by atoms with Crippen molar-refractivity contribution in [1.82, 2.24) is 10.3 Å². The highest BCUT2D eigenvalue weighted by molar-refractivity contribution is 5.53. The molecule has 2 rings (SSSR count). The standard InChI is InChI=1S/C11H11FN2O/c1-13-6-8-7-14-11(15-8)9-4-2-3-5-10(9)12/h2-5,7,13H,6H2,1H3. The topological polar surface area (TPSA) is 38.1 Å². The molecule has 78 valence electrons. The van der Waals surface area contributed by atoms with Gasteiger partial charge in [0, 0.05) is 0 Å². The lowest BCUT2D eigenvalue weighted by atomic mass is 10.2. The van der Waals surface area contributed by atoms with Gasteiger partial charge in [0.25, 0.3) is 0 Å². The fraction of sp³-hybridized carbons (Fsp3) is 0.182. The van der Waals surface area contributed by atoms with Gasteiger partial charge in [-0.25, -0.2) is 9.37 Å². The first kappa shape index (κ1) is 9.86. The van der Waals surface area contributed by atoms with Crippen LogP contribution in [0.1, 0.15) is 5.76 Å². The molecule has 0 aliphatic carbocycles. The summed E-state index contributed by atoms with van der Waals surface area (Å²) in [6.45, 7) is 0.585. The van der Waals surface area contributed by atoms with E-state index in [2.05, 4.69) is 10.3 Å². The molecule has 0 bridgehead atoms. The molecule has 3 nitrogen and oxygen atoms in total. The Balaban J connectivity index is 2.33. The summed E-state index contributed by atoms with van der Waals surface area (Å²) < 4.78 is 18.7. The fourth-order valence-electron chi connectivity index (χ4n) is 1.32. The van der Waals surface area contributed by atoms with Gasteiger partial charge in [-0.05, 0) is 19.2 Å². The van der Waals surface area contributed by atoms with E-state index in [0.29, 0.717) is 23.8 Å². The molecule has 0 amide bonds. The summed E-state index contributed by atoms with van der Waals surface area (Å²) in [4.78, 5) is 4.02. The molecular formula is C11H11FN2O. The summed E-state index contributed by atoms with van der Waals surface area (Å²) in [5.74, 6) is 0.685. The van der Waals surface area contributed by atoms with Crippen LogP contribution in [0.5, 0.6) is 0 Å². The zero-order chi connectivity index (χ0) is 10.7. The largest absolute Gasteiger partial charge is 0.440 e. The average molecular weight is 206 g/mol. The molecule has 1 aromatic heterocycles. The summed E-state index contributed by atoms with van der Waals surface area (Å²) in [6, 6.07) is 6.41. The van der Waals surface area contributed by atoms with E-state index in [0.717, 1.165) is 0 Å². The SMILES string of the molecule is CNCc1cnc(-c2ccccc2F)o1. The first-order chi connectivity index (χ1) is 7.31. The third kappa shape index (κ3) is 2.05. The molecule has 0 saturated carbocycles. The summed E-state index contributed by atoms with van der Waals surface area (Å²) in [5.41, 5.74) is 0.389. The smallest absolute Gasteiger partial charge is 0.229 e. The van der Waals surface area contributed by atoms with Gasteiger partial charge in [0.05, 0.1) is 18.3 Å². The van der Waals surface area contributed by atoms with E-state index in [9.17, 15) is 4.39 Å². The van der Waals surface area contributed by atoms with Crippen molar-refractivity contribution in [1.29, 1.82) is 0 Å². The third-order valence-corrected chi connectivity index (χ3v) is 2.01. The van der Waals surface area contributed by atoms with Crippen molar-refractivity contribution in [2.75, 3.05) is 7.05 Å². The molecule has 1 N–H and O–H groups in total. The van der Waals surface area contributed by atoms with E-state index < -0.39 is 0 Å². The first-order valence-corrected chi connectivity index (χ1v) is 4.65. The predicted molar refractivity (Wildman–Crippen MR) is 54.7 cm³/mol. The van der Waals surface area contributed by atoms with E-state index in [1.165, 1.54) is 6.07 Å². The number of benzene rings is 1. The molecule has 0 radical (unpaired) electrons. The van der Waals surface area contributed by atoms with Gasteiger partial charge in [0.2, 0.25) is 5.89 Å². The van der Waals surface area contributed by atoms with Crippen LogP contribution in [0.4, 0.5) is 4.39 Å². The van der Waals surface area contributed by atoms with Gasteiger partial charge < -0.3 is 9.73 Å². The monoisotopic (exact) mass is 206 g/mol. The third-order valence-electron chi connectivity index (χ3n) is 2.01. The molecule has 0 unspecified atom stereocenters. The molecule has 0 aliphatic heterocycles. The van der Waals surface area contributed by atoms with E-state index >= 15 is 0 Å². The Bertz CT molecular complexity index is 453. The number of hydrogen-bond acceptors (Lipinski definition) is 3. The molecule has 0 aliphatic rings. The van der Waals surface area contributed by atoms with Crippen molar-refractivity contribution < 1.29 is 8.81 Å². The number of nitrogens with one attached hydrogen (secondary N) is 1. The number of halogens is 1. The van der Waals surface area contributed by atoms with Gasteiger partial charge in [-0.2, -0.15) is 0 Å². The molecule has 0 spiro atoms. The van der Waals surface area contributed by atoms with Crippen molar-refractivity contribution in [3.05, 3.63) is 42.0 Å². The van der Waals surface area contributed by atoms with Crippen molar-refractivity contribution in [3.63, 3.8) is 0 Å². The van der Waals surface area contributed by atoms with Crippen LogP contribution in [0.2, 0.25) is 0 Å². The van der Waals surface area contributed by atoms with Crippen LogP contribution in [0.3, 0.4) is 0 Å². The Kier molecular flexibility index (Phi) is 2.78. The Labute approximate surface area is 86.9 Å². The molecule has 1 heterocycles. The van der Waals surface area contributed by atoms with Crippen molar-refractivity contribution in [3.8, 4) is 11.5 Å². The van der Waals surface area contributed by atoms with E-state index in [-0.39, 0.29) is 5.82 Å². The Hall–Kier alpha value is -1.68. The second-order valence-electron chi connectivity index (χ2n) is 3.14. The maximum Gasteiger partial charge on any atom is 0.229 e. The molecular weight excluding hydrogens is 195 g/mol. The Morgan fingerprint density at radius 3 is 2.93 bits per heavy atom. The molecule has 0 saturated heterocycles. The van der Waals surface area contributed by atoms with Crippen LogP contribution in [-0.4, -0.2) is 12.0 Å². The lowest BCUT2D eigenvalue weighted by Gasteiger charge is -1.96. The highest BCUT2D eigenvalue weighted by Crippen LogP contribution is 2.21. The quantitative estimate of drug-likeness (QED) is 0.836. The number of oxazole rings is 1. The average Bonchev–Trinajstić information content (AvgIpc) is 2.68. The van der Waals surface area contributed by atoms with Gasteiger partial charge in [-0.1, -0.05) is 12.1 Å². The number of rotatable bonds is 3. The summed E-state index contributed by atoms with van der Waals surface area (Å²) in [7, 11) is 1.81. The minimum atomic E-state index is -0.324. The fourth-order valence-corrected chi connectivity index (χ4v) is 1.32. The van der Waals surface area contributed by atoms with Gasteiger partial charge in [-0.3, -0.25) is 0 Å².